The molecule has 1 aromatic rings. The summed E-state index contributed by atoms with van der Waals surface area (Å²) in [5, 5.41) is 12.1. The Morgan fingerprint density at radius 3 is 2.69 bits per heavy atom. The Labute approximate surface area is 95.7 Å². The number of carboxylic acids is 1. The predicted molar refractivity (Wildman–Crippen MR) is 64.0 cm³/mol. The summed E-state index contributed by atoms with van der Waals surface area (Å²) in [5.74, 6) is -0.246. The number of hydrogen-bond acceptors (Lipinski definition) is 3. The van der Waals surface area contributed by atoms with Crippen LogP contribution in [0.25, 0.3) is 0 Å². The van der Waals surface area contributed by atoms with Crippen LogP contribution in [0.3, 0.4) is 0 Å². The zero-order valence-corrected chi connectivity index (χ0v) is 9.79. The van der Waals surface area contributed by atoms with E-state index in [-0.39, 0.29) is 0 Å². The molecule has 2 N–H and O–H groups in total. The zero-order valence-electron chi connectivity index (χ0n) is 9.79. The minimum atomic E-state index is -0.903. The molecule has 0 aliphatic rings. The van der Waals surface area contributed by atoms with Crippen molar-refractivity contribution in [2.75, 3.05) is 11.9 Å². The summed E-state index contributed by atoms with van der Waals surface area (Å²) in [6, 6.07) is 3.22. The molecule has 0 aliphatic heterocycles. The second kappa shape index (κ2) is 6.10. The third-order valence-corrected chi connectivity index (χ3v) is 2.19. The lowest BCUT2D eigenvalue weighted by molar-refractivity contribution is 0.0696. The molecule has 0 amide bonds. The second-order valence-electron chi connectivity index (χ2n) is 3.71. The fraction of sp³-hybridized carbons (Fsp3) is 0.500. The number of nitrogens with zero attached hydrogens (tertiary/aromatic N) is 1. The Morgan fingerprint density at radius 2 is 2.12 bits per heavy atom. The van der Waals surface area contributed by atoms with Gasteiger partial charge in [-0.2, -0.15) is 0 Å². The monoisotopic (exact) mass is 222 g/mol. The van der Waals surface area contributed by atoms with Crippen LogP contribution in [0.4, 0.5) is 5.82 Å². The molecule has 0 fully saturated rings. The highest BCUT2D eigenvalue weighted by Crippen LogP contribution is 2.12. The zero-order chi connectivity index (χ0) is 12.0. The van der Waals surface area contributed by atoms with Crippen molar-refractivity contribution in [2.24, 2.45) is 0 Å². The number of aromatic nitrogens is 1. The highest BCUT2D eigenvalue weighted by molar-refractivity contribution is 5.88. The van der Waals surface area contributed by atoms with Gasteiger partial charge in [0.2, 0.25) is 0 Å². The van der Waals surface area contributed by atoms with Crippen molar-refractivity contribution in [1.82, 2.24) is 4.98 Å². The molecule has 0 radical (unpaired) electrons. The lowest BCUT2D eigenvalue weighted by Gasteiger charge is -2.07. The number of rotatable bonds is 6. The summed E-state index contributed by atoms with van der Waals surface area (Å²) in [6.07, 6.45) is 2.76. The maximum atomic E-state index is 10.9. The van der Waals surface area contributed by atoms with Crippen LogP contribution in [0.5, 0.6) is 0 Å². The van der Waals surface area contributed by atoms with Gasteiger partial charge < -0.3 is 10.4 Å². The number of anilines is 1. The van der Waals surface area contributed by atoms with Crippen LogP contribution >= 0.6 is 0 Å². The first kappa shape index (κ1) is 12.5. The number of aryl methyl sites for hydroxylation is 1. The van der Waals surface area contributed by atoms with Crippen LogP contribution in [0, 0.1) is 0 Å². The maximum Gasteiger partial charge on any atom is 0.335 e. The van der Waals surface area contributed by atoms with Crippen LogP contribution in [-0.2, 0) is 6.42 Å². The van der Waals surface area contributed by atoms with Gasteiger partial charge in [0.25, 0.3) is 0 Å². The Bertz CT molecular complexity index is 364. The van der Waals surface area contributed by atoms with Crippen molar-refractivity contribution in [2.45, 2.75) is 33.1 Å². The molecule has 0 unspecified atom stereocenters. The Kier molecular flexibility index (Phi) is 4.76. The molecule has 1 aromatic heterocycles. The van der Waals surface area contributed by atoms with Gasteiger partial charge in [-0.25, -0.2) is 9.78 Å². The third kappa shape index (κ3) is 3.53. The van der Waals surface area contributed by atoms with Crippen LogP contribution in [0.15, 0.2) is 12.1 Å². The number of hydrogen-bond donors (Lipinski definition) is 2. The van der Waals surface area contributed by atoms with Crippen molar-refractivity contribution in [3.8, 4) is 0 Å². The van der Waals surface area contributed by atoms with Crippen LogP contribution in [0.1, 0.15) is 42.7 Å². The van der Waals surface area contributed by atoms with Crippen LogP contribution in [-0.4, -0.2) is 22.6 Å². The summed E-state index contributed by atoms with van der Waals surface area (Å²) in [4.78, 5) is 15.3. The van der Waals surface area contributed by atoms with E-state index in [1.54, 1.807) is 12.1 Å². The van der Waals surface area contributed by atoms with Gasteiger partial charge >= 0.3 is 5.97 Å². The van der Waals surface area contributed by atoms with Crippen LogP contribution in [0.2, 0.25) is 0 Å². The summed E-state index contributed by atoms with van der Waals surface area (Å²) in [7, 11) is 0. The molecular weight excluding hydrogens is 204 g/mol. The molecule has 0 aromatic carbocycles. The van der Waals surface area contributed by atoms with Gasteiger partial charge in [0.15, 0.2) is 0 Å². The van der Waals surface area contributed by atoms with E-state index in [0.29, 0.717) is 11.4 Å². The first-order chi connectivity index (χ1) is 7.67. The van der Waals surface area contributed by atoms with E-state index in [1.807, 2.05) is 6.92 Å². The standard InChI is InChI=1S/C12H18N2O2/c1-3-5-10-7-9(12(15)16)8-11(14-10)13-6-4-2/h7-8H,3-6H2,1-2H3,(H,13,14)(H,15,16). The Hall–Kier alpha value is -1.58. The van der Waals surface area contributed by atoms with E-state index in [1.165, 1.54) is 0 Å². The normalized spacial score (nSPS) is 10.1. The summed E-state index contributed by atoms with van der Waals surface area (Å²) >= 11 is 0. The first-order valence-electron chi connectivity index (χ1n) is 5.65. The summed E-state index contributed by atoms with van der Waals surface area (Å²) in [6.45, 7) is 4.91. The van der Waals surface area contributed by atoms with Gasteiger partial charge in [0.1, 0.15) is 5.82 Å². The number of nitrogens with one attached hydrogen (secondary N) is 1. The van der Waals surface area contributed by atoms with Gasteiger partial charge in [-0.15, -0.1) is 0 Å². The molecule has 0 atom stereocenters. The molecule has 88 valence electrons. The van der Waals surface area contributed by atoms with E-state index < -0.39 is 5.97 Å². The minimum absolute atomic E-state index is 0.303. The lowest BCUT2D eigenvalue weighted by Crippen LogP contribution is -2.07. The van der Waals surface area contributed by atoms with E-state index in [9.17, 15) is 4.79 Å². The molecule has 0 aliphatic carbocycles. The van der Waals surface area contributed by atoms with Crippen molar-refractivity contribution in [3.63, 3.8) is 0 Å². The average molecular weight is 222 g/mol. The summed E-state index contributed by atoms with van der Waals surface area (Å²) < 4.78 is 0. The molecular formula is C12H18N2O2. The molecule has 1 rings (SSSR count). The third-order valence-electron chi connectivity index (χ3n) is 2.19. The smallest absolute Gasteiger partial charge is 0.335 e. The molecule has 16 heavy (non-hydrogen) atoms. The molecule has 0 bridgehead atoms. The van der Waals surface area contributed by atoms with Gasteiger partial charge in [-0.1, -0.05) is 20.3 Å². The van der Waals surface area contributed by atoms with Gasteiger partial charge in [0, 0.05) is 12.2 Å². The molecule has 4 nitrogen and oxygen atoms in total. The fourth-order valence-corrected chi connectivity index (χ4v) is 1.44. The maximum absolute atomic E-state index is 10.9. The van der Waals surface area contributed by atoms with Crippen molar-refractivity contribution in [1.29, 1.82) is 0 Å². The molecule has 4 heteroatoms. The lowest BCUT2D eigenvalue weighted by atomic mass is 10.1. The number of carboxylic acid groups (broad SMARTS) is 1. The minimum Gasteiger partial charge on any atom is -0.478 e. The van der Waals surface area contributed by atoms with Crippen LogP contribution < -0.4 is 5.32 Å². The van der Waals surface area contributed by atoms with E-state index in [0.717, 1.165) is 31.5 Å². The van der Waals surface area contributed by atoms with E-state index >= 15 is 0 Å². The fourth-order valence-electron chi connectivity index (χ4n) is 1.44. The molecule has 0 saturated heterocycles. The Morgan fingerprint density at radius 1 is 1.38 bits per heavy atom. The van der Waals surface area contributed by atoms with Gasteiger partial charge in [-0.05, 0) is 25.0 Å². The van der Waals surface area contributed by atoms with Gasteiger partial charge in [-0.3, -0.25) is 0 Å². The first-order valence-corrected chi connectivity index (χ1v) is 5.65. The molecule has 0 saturated carbocycles. The second-order valence-corrected chi connectivity index (χ2v) is 3.71. The molecule has 1 heterocycles. The SMILES string of the molecule is CCCNc1cc(C(=O)O)cc(CCC)n1. The quantitative estimate of drug-likeness (QED) is 0.776. The summed E-state index contributed by atoms with van der Waals surface area (Å²) in [5.41, 5.74) is 1.14. The highest BCUT2D eigenvalue weighted by atomic mass is 16.4. The van der Waals surface area contributed by atoms with Gasteiger partial charge in [0.05, 0.1) is 5.56 Å². The van der Waals surface area contributed by atoms with Crippen molar-refractivity contribution >= 4 is 11.8 Å². The van der Waals surface area contributed by atoms with Crippen molar-refractivity contribution < 1.29 is 9.90 Å². The molecule has 0 spiro atoms. The topological polar surface area (TPSA) is 62.2 Å². The average Bonchev–Trinajstić information content (AvgIpc) is 2.26. The van der Waals surface area contributed by atoms with E-state index in [4.69, 9.17) is 5.11 Å². The van der Waals surface area contributed by atoms with Crippen molar-refractivity contribution in [3.05, 3.63) is 23.4 Å². The number of pyridine rings is 1. The predicted octanol–water partition coefficient (Wildman–Crippen LogP) is 2.55. The van der Waals surface area contributed by atoms with E-state index in [2.05, 4.69) is 17.2 Å². The largest absolute Gasteiger partial charge is 0.478 e. The number of aromatic carboxylic acids is 1. The highest BCUT2D eigenvalue weighted by Gasteiger charge is 2.07. The Balaban J connectivity index is 2.93. The number of carbonyl (C=O) groups is 1.